The molecule has 1 saturated heterocycles. The maximum absolute atomic E-state index is 10.0. The van der Waals surface area contributed by atoms with Gasteiger partial charge in [-0.3, -0.25) is 0 Å². The quantitative estimate of drug-likeness (QED) is 0.199. The van der Waals surface area contributed by atoms with E-state index in [-0.39, 0.29) is 6.29 Å². The summed E-state index contributed by atoms with van der Waals surface area (Å²) >= 11 is 0. The number of aliphatic hydroxyl groups excluding tert-OH is 8. The zero-order valence-electron chi connectivity index (χ0n) is 12.7. The molecule has 0 bridgehead atoms. The minimum absolute atomic E-state index is 0.248. The Morgan fingerprint density at radius 1 is 1.04 bits per heavy atom. The highest BCUT2D eigenvalue weighted by atomic mass is 16.6. The molecule has 1 unspecified atom stereocenters. The lowest BCUT2D eigenvalue weighted by Gasteiger charge is -2.38. The maximum atomic E-state index is 10.0. The minimum atomic E-state index is -1.62. The molecule has 144 valence electrons. The Morgan fingerprint density at radius 2 is 1.58 bits per heavy atom. The number of carbonyl (C=O) groups excluding carboxylic acids is 1. The molecule has 0 spiro atoms. The Labute approximate surface area is 137 Å². The van der Waals surface area contributed by atoms with Crippen LogP contribution in [-0.4, -0.2) is 115 Å². The van der Waals surface area contributed by atoms with Crippen LogP contribution < -0.4 is 11.5 Å². The van der Waals surface area contributed by atoms with Crippen LogP contribution in [-0.2, 0) is 9.53 Å². The predicted molar refractivity (Wildman–Crippen MR) is 77.1 cm³/mol. The zero-order chi connectivity index (χ0) is 19.0. The van der Waals surface area contributed by atoms with Gasteiger partial charge in [-0.1, -0.05) is 0 Å². The number of hydrogen-bond acceptors (Lipinski definition) is 12. The Bertz CT molecular complexity index is 358. The van der Waals surface area contributed by atoms with E-state index in [2.05, 4.69) is 0 Å². The molecule has 0 amide bonds. The molecule has 0 radical (unpaired) electrons. The SMILES string of the molecule is N[C@@H](C=O)[C@@H](O)[C@H](O)[C@H](O)CO.N[C@H]1C(O)O[C@H](CO)[C@@H](O)[C@@H]1O. The van der Waals surface area contributed by atoms with E-state index in [1.807, 2.05) is 0 Å². The van der Waals surface area contributed by atoms with Crippen molar-refractivity contribution in [3.8, 4) is 0 Å². The molecular weight excluding hydrogens is 332 g/mol. The van der Waals surface area contributed by atoms with E-state index in [9.17, 15) is 15.0 Å². The zero-order valence-corrected chi connectivity index (χ0v) is 12.7. The van der Waals surface area contributed by atoms with Crippen molar-refractivity contribution in [1.82, 2.24) is 0 Å². The lowest BCUT2D eigenvalue weighted by atomic mass is 9.98. The van der Waals surface area contributed by atoms with Crippen LogP contribution in [0.15, 0.2) is 0 Å². The molecule has 0 aromatic carbocycles. The molecule has 1 aliphatic rings. The molecule has 1 aliphatic heterocycles. The van der Waals surface area contributed by atoms with Crippen molar-refractivity contribution in [2.75, 3.05) is 13.2 Å². The largest absolute Gasteiger partial charge is 0.394 e. The Hall–Kier alpha value is -0.770. The Morgan fingerprint density at radius 3 is 2.00 bits per heavy atom. The van der Waals surface area contributed by atoms with Crippen LogP contribution in [0.25, 0.3) is 0 Å². The number of rotatable bonds is 6. The molecule has 1 heterocycles. The number of aldehydes is 1. The van der Waals surface area contributed by atoms with Crippen LogP contribution in [0.4, 0.5) is 0 Å². The molecule has 1 fully saturated rings. The summed E-state index contributed by atoms with van der Waals surface area (Å²) in [4.78, 5) is 10.0. The molecule has 24 heavy (non-hydrogen) atoms. The first-order chi connectivity index (χ1) is 11.1. The van der Waals surface area contributed by atoms with Crippen LogP contribution in [0.1, 0.15) is 0 Å². The summed E-state index contributed by atoms with van der Waals surface area (Å²) in [6, 6.07) is -2.30. The summed E-state index contributed by atoms with van der Waals surface area (Å²) in [5.74, 6) is 0. The summed E-state index contributed by atoms with van der Waals surface area (Å²) < 4.78 is 4.70. The predicted octanol–water partition coefficient (Wildman–Crippen LogP) is -6.67. The monoisotopic (exact) mass is 358 g/mol. The van der Waals surface area contributed by atoms with Gasteiger partial charge in [-0.2, -0.15) is 0 Å². The summed E-state index contributed by atoms with van der Waals surface area (Å²) in [5.41, 5.74) is 10.3. The number of ether oxygens (including phenoxy) is 1. The highest BCUT2D eigenvalue weighted by Gasteiger charge is 2.41. The molecule has 0 aromatic rings. The van der Waals surface area contributed by atoms with Gasteiger partial charge in [0.05, 0.1) is 25.3 Å². The van der Waals surface area contributed by atoms with Gasteiger partial charge < -0.3 is 61.9 Å². The highest BCUT2D eigenvalue weighted by Crippen LogP contribution is 2.17. The lowest BCUT2D eigenvalue weighted by Crippen LogP contribution is -2.61. The molecule has 12 nitrogen and oxygen atoms in total. The number of carbonyl (C=O) groups is 1. The van der Waals surface area contributed by atoms with E-state index in [0.717, 1.165) is 0 Å². The third kappa shape index (κ3) is 6.27. The smallest absolute Gasteiger partial charge is 0.173 e. The third-order valence-corrected chi connectivity index (χ3v) is 3.43. The van der Waals surface area contributed by atoms with Crippen molar-refractivity contribution in [2.45, 2.75) is 55.0 Å². The summed E-state index contributed by atoms with van der Waals surface area (Å²) in [5, 5.41) is 71.2. The van der Waals surface area contributed by atoms with E-state index in [1.54, 1.807) is 0 Å². The van der Waals surface area contributed by atoms with Gasteiger partial charge in [-0.15, -0.1) is 0 Å². The molecular formula is C12H26N2O10. The van der Waals surface area contributed by atoms with Gasteiger partial charge in [0.15, 0.2) is 6.29 Å². The van der Waals surface area contributed by atoms with Crippen LogP contribution in [0, 0.1) is 0 Å². The average Bonchev–Trinajstić information content (AvgIpc) is 2.60. The van der Waals surface area contributed by atoms with E-state index >= 15 is 0 Å². The van der Waals surface area contributed by atoms with E-state index in [1.165, 1.54) is 0 Å². The Balaban J connectivity index is 0.000000441. The summed E-state index contributed by atoms with van der Waals surface area (Å²) in [6.07, 6.45) is -9.28. The first kappa shape index (κ1) is 23.2. The number of nitrogens with two attached hydrogens (primary N) is 2. The molecule has 0 aliphatic carbocycles. The normalized spacial score (nSPS) is 35.2. The standard InChI is InChI=1S/2C6H13NO5/c7-3-5(10)4(9)2(1-8)12-6(3)11;7-3(1-8)5(11)6(12)4(10)2-9/h2-6,8-11H,1,7H2;1,3-6,9-12H,2,7H2/t2-,3-,4-,5-,6?;3-,4+,5+,6+/m10/s1. The van der Waals surface area contributed by atoms with Crippen molar-refractivity contribution in [2.24, 2.45) is 11.5 Å². The first-order valence-electron chi connectivity index (χ1n) is 7.04. The molecule has 0 aromatic heterocycles. The Kier molecular flexibility index (Phi) is 10.6. The highest BCUT2D eigenvalue weighted by molar-refractivity contribution is 5.58. The van der Waals surface area contributed by atoms with Gasteiger partial charge in [-0.05, 0) is 0 Å². The fourth-order valence-corrected chi connectivity index (χ4v) is 1.76. The molecule has 12 heteroatoms. The summed E-state index contributed by atoms with van der Waals surface area (Å²) in [7, 11) is 0. The van der Waals surface area contributed by atoms with Crippen molar-refractivity contribution in [1.29, 1.82) is 0 Å². The molecule has 9 atom stereocenters. The van der Waals surface area contributed by atoms with Crippen molar-refractivity contribution in [3.63, 3.8) is 0 Å². The number of hydrogen-bond donors (Lipinski definition) is 10. The fourth-order valence-electron chi connectivity index (χ4n) is 1.76. The van der Waals surface area contributed by atoms with Crippen molar-refractivity contribution in [3.05, 3.63) is 0 Å². The maximum Gasteiger partial charge on any atom is 0.173 e. The first-order valence-corrected chi connectivity index (χ1v) is 7.04. The van der Waals surface area contributed by atoms with Crippen LogP contribution >= 0.6 is 0 Å². The second-order valence-electron chi connectivity index (χ2n) is 5.25. The van der Waals surface area contributed by atoms with Gasteiger partial charge in [-0.25, -0.2) is 0 Å². The molecule has 12 N–H and O–H groups in total. The minimum Gasteiger partial charge on any atom is -0.394 e. The molecule has 0 saturated carbocycles. The van der Waals surface area contributed by atoms with Crippen LogP contribution in [0.2, 0.25) is 0 Å². The van der Waals surface area contributed by atoms with Gasteiger partial charge in [0.2, 0.25) is 0 Å². The second kappa shape index (κ2) is 11.0. The van der Waals surface area contributed by atoms with Gasteiger partial charge in [0.1, 0.15) is 42.9 Å². The fraction of sp³-hybridized carbons (Fsp3) is 0.917. The lowest BCUT2D eigenvalue weighted by molar-refractivity contribution is -0.248. The van der Waals surface area contributed by atoms with Crippen LogP contribution in [0.5, 0.6) is 0 Å². The van der Waals surface area contributed by atoms with Crippen LogP contribution in [0.3, 0.4) is 0 Å². The van der Waals surface area contributed by atoms with Gasteiger partial charge in [0, 0.05) is 0 Å². The van der Waals surface area contributed by atoms with E-state index in [0.29, 0.717) is 0 Å². The van der Waals surface area contributed by atoms with E-state index in [4.69, 9.17) is 46.8 Å². The second-order valence-corrected chi connectivity index (χ2v) is 5.25. The molecule has 1 rings (SSSR count). The van der Waals surface area contributed by atoms with Crippen molar-refractivity contribution >= 4 is 6.29 Å². The summed E-state index contributed by atoms with van der Waals surface area (Å²) in [6.45, 7) is -1.17. The van der Waals surface area contributed by atoms with Crippen molar-refractivity contribution < 1.29 is 50.4 Å². The average molecular weight is 358 g/mol. The third-order valence-electron chi connectivity index (χ3n) is 3.43. The topological polar surface area (TPSA) is 240 Å². The van der Waals surface area contributed by atoms with E-state index < -0.39 is 68.2 Å². The number of aliphatic hydroxyl groups is 8. The van der Waals surface area contributed by atoms with Gasteiger partial charge in [0.25, 0.3) is 0 Å². The van der Waals surface area contributed by atoms with Gasteiger partial charge >= 0.3 is 0 Å².